The maximum Gasteiger partial charge on any atom is 0.261 e. The molecule has 1 aromatic heterocycles. The molecule has 0 unspecified atom stereocenters. The van der Waals surface area contributed by atoms with E-state index in [1.54, 1.807) is 6.07 Å². The molecule has 1 aliphatic rings. The Kier molecular flexibility index (Phi) is 3.56. The fraction of sp³-hybridized carbons (Fsp3) is 0.545. The van der Waals surface area contributed by atoms with Crippen molar-refractivity contribution in [2.75, 3.05) is 13.2 Å². The van der Waals surface area contributed by atoms with Crippen molar-refractivity contribution in [3.05, 3.63) is 16.3 Å². The van der Waals surface area contributed by atoms with Crippen molar-refractivity contribution in [3.63, 3.8) is 0 Å². The van der Waals surface area contributed by atoms with E-state index in [0.29, 0.717) is 0 Å². The van der Waals surface area contributed by atoms with Crippen molar-refractivity contribution in [1.82, 2.24) is 5.32 Å². The monoisotopic (exact) mass is 257 g/mol. The summed E-state index contributed by atoms with van der Waals surface area (Å²) in [6, 6.07) is 1.80. The smallest absolute Gasteiger partial charge is 0.261 e. The summed E-state index contributed by atoms with van der Waals surface area (Å²) in [4.78, 5) is 13.5. The lowest BCUT2D eigenvalue weighted by atomic mass is 9.92. The third-order valence-electron chi connectivity index (χ3n) is 2.82. The second-order valence-electron chi connectivity index (χ2n) is 4.30. The molecule has 0 spiro atoms. The molecular weight excluding hydrogens is 242 g/mol. The van der Waals surface area contributed by atoms with E-state index >= 15 is 0 Å². The second kappa shape index (κ2) is 4.77. The van der Waals surface area contributed by atoms with E-state index in [4.69, 9.17) is 4.74 Å². The van der Waals surface area contributed by atoms with Crippen LogP contribution in [-0.2, 0) is 4.74 Å². The van der Waals surface area contributed by atoms with Gasteiger partial charge in [0, 0.05) is 29.0 Å². The molecule has 3 nitrogen and oxygen atoms in total. The van der Waals surface area contributed by atoms with Crippen molar-refractivity contribution in [1.29, 1.82) is 0 Å². The predicted molar refractivity (Wildman–Crippen MR) is 67.5 cm³/mol. The maximum absolute atomic E-state index is 12.0. The number of carbonyl (C=O) groups is 1. The van der Waals surface area contributed by atoms with E-state index in [1.165, 1.54) is 11.3 Å². The standard InChI is InChI=1S/C11H15NO2S2/c1-11(2-4-14-5-3-11)12-10(13)9-6-8(15)7-16-9/h6-7,15H,2-5H2,1H3,(H,12,13). The zero-order chi connectivity index (χ0) is 11.6. The lowest BCUT2D eigenvalue weighted by molar-refractivity contribution is 0.0424. The molecule has 1 aliphatic heterocycles. The molecule has 0 saturated carbocycles. The fourth-order valence-electron chi connectivity index (χ4n) is 1.73. The first-order chi connectivity index (χ1) is 7.59. The van der Waals surface area contributed by atoms with Crippen LogP contribution in [-0.4, -0.2) is 24.7 Å². The largest absolute Gasteiger partial charge is 0.381 e. The van der Waals surface area contributed by atoms with Gasteiger partial charge in [-0.05, 0) is 25.8 Å². The number of hydrogen-bond donors (Lipinski definition) is 2. The molecule has 1 N–H and O–H groups in total. The molecule has 0 bridgehead atoms. The molecular formula is C11H15NO2S2. The van der Waals surface area contributed by atoms with Crippen LogP contribution >= 0.6 is 24.0 Å². The number of amides is 1. The van der Waals surface area contributed by atoms with E-state index in [0.717, 1.165) is 35.8 Å². The zero-order valence-electron chi connectivity index (χ0n) is 9.16. The van der Waals surface area contributed by atoms with Crippen LogP contribution in [0.5, 0.6) is 0 Å². The average molecular weight is 257 g/mol. The van der Waals surface area contributed by atoms with Crippen LogP contribution in [0.3, 0.4) is 0 Å². The summed E-state index contributed by atoms with van der Waals surface area (Å²) in [5.74, 6) is -0.00491. The normalized spacial score (nSPS) is 19.4. The van der Waals surface area contributed by atoms with Crippen molar-refractivity contribution < 1.29 is 9.53 Å². The van der Waals surface area contributed by atoms with Crippen molar-refractivity contribution in [2.45, 2.75) is 30.2 Å². The Labute approximate surface area is 105 Å². The summed E-state index contributed by atoms with van der Waals surface area (Å²) < 4.78 is 5.30. The Hall–Kier alpha value is -0.520. The number of nitrogens with one attached hydrogen (secondary N) is 1. The number of thiophene rings is 1. The SMILES string of the molecule is CC1(NC(=O)c2cc(S)cs2)CCOCC1. The number of carbonyl (C=O) groups excluding carboxylic acids is 1. The summed E-state index contributed by atoms with van der Waals surface area (Å²) in [7, 11) is 0. The molecule has 5 heteroatoms. The molecule has 1 saturated heterocycles. The number of rotatable bonds is 2. The molecule has 2 heterocycles. The highest BCUT2D eigenvalue weighted by atomic mass is 32.1. The quantitative estimate of drug-likeness (QED) is 0.798. The van der Waals surface area contributed by atoms with Gasteiger partial charge < -0.3 is 10.1 Å². The fourth-order valence-corrected chi connectivity index (χ4v) is 2.77. The number of hydrogen-bond acceptors (Lipinski definition) is 4. The molecule has 16 heavy (non-hydrogen) atoms. The minimum Gasteiger partial charge on any atom is -0.381 e. The van der Waals surface area contributed by atoms with E-state index in [-0.39, 0.29) is 11.4 Å². The first-order valence-corrected chi connectivity index (χ1v) is 6.59. The van der Waals surface area contributed by atoms with Gasteiger partial charge in [0.1, 0.15) is 0 Å². The van der Waals surface area contributed by atoms with Crippen LogP contribution in [0, 0.1) is 0 Å². The van der Waals surface area contributed by atoms with Crippen molar-refractivity contribution >= 4 is 29.9 Å². The van der Waals surface area contributed by atoms with Crippen LogP contribution < -0.4 is 5.32 Å². The van der Waals surface area contributed by atoms with Gasteiger partial charge in [-0.2, -0.15) is 0 Å². The van der Waals surface area contributed by atoms with Gasteiger partial charge in [-0.3, -0.25) is 4.79 Å². The molecule has 0 atom stereocenters. The summed E-state index contributed by atoms with van der Waals surface area (Å²) >= 11 is 5.62. The maximum atomic E-state index is 12.0. The third kappa shape index (κ3) is 2.78. The molecule has 0 aromatic carbocycles. The van der Waals surface area contributed by atoms with Gasteiger partial charge in [0.15, 0.2) is 0 Å². The van der Waals surface area contributed by atoms with E-state index in [2.05, 4.69) is 24.9 Å². The van der Waals surface area contributed by atoms with Gasteiger partial charge in [0.2, 0.25) is 0 Å². The molecule has 1 amide bonds. The third-order valence-corrected chi connectivity index (χ3v) is 4.18. The van der Waals surface area contributed by atoms with E-state index in [9.17, 15) is 4.79 Å². The summed E-state index contributed by atoms with van der Waals surface area (Å²) in [5.41, 5.74) is -0.129. The van der Waals surface area contributed by atoms with Gasteiger partial charge >= 0.3 is 0 Å². The van der Waals surface area contributed by atoms with Crippen molar-refractivity contribution in [3.8, 4) is 0 Å². The van der Waals surface area contributed by atoms with Gasteiger partial charge in [0.05, 0.1) is 4.88 Å². The first-order valence-electron chi connectivity index (χ1n) is 5.27. The summed E-state index contributed by atoms with van der Waals surface area (Å²) in [6.07, 6.45) is 1.75. The topological polar surface area (TPSA) is 38.3 Å². The Bertz CT molecular complexity index is 383. The summed E-state index contributed by atoms with van der Waals surface area (Å²) in [6.45, 7) is 3.51. The lowest BCUT2D eigenvalue weighted by Crippen LogP contribution is -2.49. The molecule has 1 fully saturated rings. The molecule has 0 aliphatic carbocycles. The van der Waals surface area contributed by atoms with Crippen LogP contribution in [0.4, 0.5) is 0 Å². The molecule has 88 valence electrons. The van der Waals surface area contributed by atoms with E-state index in [1.807, 2.05) is 5.38 Å². The summed E-state index contributed by atoms with van der Waals surface area (Å²) in [5, 5.41) is 4.95. The molecule has 1 aromatic rings. The number of thiol groups is 1. The lowest BCUT2D eigenvalue weighted by Gasteiger charge is -2.34. The highest BCUT2D eigenvalue weighted by molar-refractivity contribution is 7.80. The Morgan fingerprint density at radius 3 is 2.81 bits per heavy atom. The minimum atomic E-state index is -0.129. The highest BCUT2D eigenvalue weighted by Crippen LogP contribution is 2.22. The van der Waals surface area contributed by atoms with Gasteiger partial charge in [0.25, 0.3) is 5.91 Å². The first kappa shape index (κ1) is 12.0. The van der Waals surface area contributed by atoms with Crippen LogP contribution in [0.15, 0.2) is 16.3 Å². The Morgan fingerprint density at radius 1 is 1.56 bits per heavy atom. The highest BCUT2D eigenvalue weighted by Gasteiger charge is 2.29. The Balaban J connectivity index is 2.01. The van der Waals surface area contributed by atoms with Gasteiger partial charge in [-0.15, -0.1) is 24.0 Å². The average Bonchev–Trinajstić information content (AvgIpc) is 2.65. The van der Waals surface area contributed by atoms with Crippen LogP contribution in [0.1, 0.15) is 29.4 Å². The van der Waals surface area contributed by atoms with Gasteiger partial charge in [-0.1, -0.05) is 0 Å². The second-order valence-corrected chi connectivity index (χ2v) is 5.72. The Morgan fingerprint density at radius 2 is 2.25 bits per heavy atom. The van der Waals surface area contributed by atoms with Crippen LogP contribution in [0.25, 0.3) is 0 Å². The number of ether oxygens (including phenoxy) is 1. The van der Waals surface area contributed by atoms with Crippen molar-refractivity contribution in [2.24, 2.45) is 0 Å². The molecule has 0 radical (unpaired) electrons. The minimum absolute atomic E-state index is 0.00491. The van der Waals surface area contributed by atoms with Gasteiger partial charge in [-0.25, -0.2) is 0 Å². The predicted octanol–water partition coefficient (Wildman–Crippen LogP) is 2.34. The molecule has 2 rings (SSSR count). The zero-order valence-corrected chi connectivity index (χ0v) is 10.9. The van der Waals surface area contributed by atoms with E-state index < -0.39 is 0 Å². The van der Waals surface area contributed by atoms with Crippen LogP contribution in [0.2, 0.25) is 0 Å².